The van der Waals surface area contributed by atoms with Crippen LogP contribution in [-0.4, -0.2) is 11.7 Å². The van der Waals surface area contributed by atoms with E-state index in [0.29, 0.717) is 10.8 Å². The van der Waals surface area contributed by atoms with Gasteiger partial charge in [0.15, 0.2) is 0 Å². The number of aryl methyl sites for hydroxylation is 1. The van der Waals surface area contributed by atoms with E-state index in [-0.39, 0.29) is 6.04 Å². The zero-order chi connectivity index (χ0) is 11.9. The molecule has 1 atom stereocenters. The van der Waals surface area contributed by atoms with Crippen LogP contribution in [0.5, 0.6) is 5.75 Å². The average Bonchev–Trinajstić information content (AvgIpc) is 2.55. The lowest BCUT2D eigenvalue weighted by atomic mass is 10.2. The molecular weight excluding hydrogens is 224 g/mol. The van der Waals surface area contributed by atoms with E-state index in [0.717, 1.165) is 16.6 Å². The van der Waals surface area contributed by atoms with Gasteiger partial charge in [-0.25, -0.2) is 0 Å². The maximum Gasteiger partial charge on any atom is 0.138 e. The van der Waals surface area contributed by atoms with Crippen LogP contribution in [0.4, 0.5) is 0 Å². The van der Waals surface area contributed by atoms with Crippen molar-refractivity contribution in [2.24, 2.45) is 12.8 Å². The third-order valence-electron chi connectivity index (χ3n) is 2.82. The van der Waals surface area contributed by atoms with Gasteiger partial charge in [0, 0.05) is 29.7 Å². The molecule has 2 rings (SSSR count). The minimum atomic E-state index is 0.00201. The monoisotopic (exact) mass is 238 g/mol. The quantitative estimate of drug-likeness (QED) is 0.874. The Morgan fingerprint density at radius 3 is 2.62 bits per heavy atom. The van der Waals surface area contributed by atoms with Gasteiger partial charge in [0.05, 0.1) is 12.1 Å². The molecule has 0 spiro atoms. The number of ether oxygens (including phenoxy) is 1. The summed E-state index contributed by atoms with van der Waals surface area (Å²) >= 11 is 6.09. The molecule has 16 heavy (non-hydrogen) atoms. The zero-order valence-electron chi connectivity index (χ0n) is 9.62. The fourth-order valence-electron chi connectivity index (χ4n) is 1.95. The number of nitrogens with zero attached hydrogens (tertiary/aromatic N) is 1. The molecule has 0 saturated heterocycles. The first-order chi connectivity index (χ1) is 7.54. The Morgan fingerprint density at radius 2 is 2.06 bits per heavy atom. The molecular formula is C12H15ClN2O. The van der Waals surface area contributed by atoms with Gasteiger partial charge in [-0.05, 0) is 25.1 Å². The van der Waals surface area contributed by atoms with Crippen molar-refractivity contribution in [3.8, 4) is 5.75 Å². The van der Waals surface area contributed by atoms with E-state index in [9.17, 15) is 0 Å². The molecule has 0 amide bonds. The normalized spacial score (nSPS) is 13.1. The SMILES string of the molecule is COc1cc2cc(C(C)N)n(C)c2cc1Cl. The van der Waals surface area contributed by atoms with Crippen LogP contribution in [0.15, 0.2) is 18.2 Å². The first kappa shape index (κ1) is 11.3. The molecule has 0 radical (unpaired) electrons. The van der Waals surface area contributed by atoms with Gasteiger partial charge in [-0.1, -0.05) is 11.6 Å². The van der Waals surface area contributed by atoms with Crippen molar-refractivity contribution in [2.75, 3.05) is 7.11 Å². The first-order valence-electron chi connectivity index (χ1n) is 5.13. The molecule has 0 aliphatic rings. The molecule has 0 bridgehead atoms. The number of nitrogens with two attached hydrogens (primary N) is 1. The highest BCUT2D eigenvalue weighted by molar-refractivity contribution is 6.32. The van der Waals surface area contributed by atoms with Crippen molar-refractivity contribution >= 4 is 22.5 Å². The van der Waals surface area contributed by atoms with Gasteiger partial charge in [0.2, 0.25) is 0 Å². The Morgan fingerprint density at radius 1 is 1.38 bits per heavy atom. The second kappa shape index (κ2) is 4.00. The Labute approximate surface area is 99.7 Å². The van der Waals surface area contributed by atoms with E-state index in [1.54, 1.807) is 7.11 Å². The van der Waals surface area contributed by atoms with Crippen molar-refractivity contribution < 1.29 is 4.74 Å². The van der Waals surface area contributed by atoms with Crippen LogP contribution in [-0.2, 0) is 7.05 Å². The molecule has 0 aliphatic carbocycles. The van der Waals surface area contributed by atoms with Crippen LogP contribution in [0.3, 0.4) is 0 Å². The number of rotatable bonds is 2. The van der Waals surface area contributed by atoms with E-state index in [1.807, 2.05) is 26.1 Å². The van der Waals surface area contributed by atoms with E-state index in [4.69, 9.17) is 22.1 Å². The minimum Gasteiger partial charge on any atom is -0.495 e. The van der Waals surface area contributed by atoms with Gasteiger partial charge in [0.25, 0.3) is 0 Å². The number of methoxy groups -OCH3 is 1. The van der Waals surface area contributed by atoms with Gasteiger partial charge in [-0.2, -0.15) is 0 Å². The maximum absolute atomic E-state index is 6.09. The second-order valence-electron chi connectivity index (χ2n) is 3.96. The first-order valence-corrected chi connectivity index (χ1v) is 5.51. The van der Waals surface area contributed by atoms with E-state index in [1.165, 1.54) is 0 Å². The van der Waals surface area contributed by atoms with Crippen molar-refractivity contribution in [1.29, 1.82) is 0 Å². The van der Waals surface area contributed by atoms with E-state index in [2.05, 4.69) is 10.6 Å². The third-order valence-corrected chi connectivity index (χ3v) is 3.12. The Kier molecular flexibility index (Phi) is 2.82. The molecule has 86 valence electrons. The fraction of sp³-hybridized carbons (Fsp3) is 0.333. The summed E-state index contributed by atoms with van der Waals surface area (Å²) in [5.74, 6) is 0.691. The number of hydrogen-bond acceptors (Lipinski definition) is 2. The standard InChI is InChI=1S/C12H15ClN2O/c1-7(14)10-4-8-5-12(16-3)9(13)6-11(8)15(10)2/h4-7H,14H2,1-3H3. The zero-order valence-corrected chi connectivity index (χ0v) is 10.4. The van der Waals surface area contributed by atoms with Crippen LogP contribution in [0.2, 0.25) is 5.02 Å². The maximum atomic E-state index is 6.09. The van der Waals surface area contributed by atoms with Crippen LogP contribution in [0, 0.1) is 0 Å². The van der Waals surface area contributed by atoms with Crippen molar-refractivity contribution in [3.05, 3.63) is 28.9 Å². The van der Waals surface area contributed by atoms with Gasteiger partial charge >= 0.3 is 0 Å². The van der Waals surface area contributed by atoms with Crippen LogP contribution in [0.1, 0.15) is 18.7 Å². The average molecular weight is 239 g/mol. The molecule has 2 N–H and O–H groups in total. The van der Waals surface area contributed by atoms with Gasteiger partial charge in [-0.3, -0.25) is 0 Å². The lowest BCUT2D eigenvalue weighted by molar-refractivity contribution is 0.415. The molecule has 4 heteroatoms. The fourth-order valence-corrected chi connectivity index (χ4v) is 2.19. The Hall–Kier alpha value is -1.19. The largest absolute Gasteiger partial charge is 0.495 e. The van der Waals surface area contributed by atoms with Crippen LogP contribution in [0.25, 0.3) is 10.9 Å². The Balaban J connectivity index is 2.72. The second-order valence-corrected chi connectivity index (χ2v) is 4.37. The summed E-state index contributed by atoms with van der Waals surface area (Å²) in [6.45, 7) is 1.97. The van der Waals surface area contributed by atoms with Crippen molar-refractivity contribution in [3.63, 3.8) is 0 Å². The summed E-state index contributed by atoms with van der Waals surface area (Å²) in [6.07, 6.45) is 0. The van der Waals surface area contributed by atoms with E-state index < -0.39 is 0 Å². The highest BCUT2D eigenvalue weighted by Gasteiger charge is 2.11. The minimum absolute atomic E-state index is 0.00201. The van der Waals surface area contributed by atoms with Crippen molar-refractivity contribution in [1.82, 2.24) is 4.57 Å². The lowest BCUT2D eigenvalue weighted by Gasteiger charge is -2.07. The summed E-state index contributed by atoms with van der Waals surface area (Å²) in [5, 5.41) is 1.71. The van der Waals surface area contributed by atoms with Gasteiger partial charge in [0.1, 0.15) is 5.75 Å². The number of aromatic nitrogens is 1. The van der Waals surface area contributed by atoms with Crippen molar-refractivity contribution in [2.45, 2.75) is 13.0 Å². The molecule has 1 aromatic heterocycles. The summed E-state index contributed by atoms with van der Waals surface area (Å²) in [5.41, 5.74) is 8.05. The molecule has 0 aliphatic heterocycles. The third kappa shape index (κ3) is 1.66. The van der Waals surface area contributed by atoms with Gasteiger partial charge < -0.3 is 15.0 Å². The lowest BCUT2D eigenvalue weighted by Crippen LogP contribution is -2.09. The topological polar surface area (TPSA) is 40.2 Å². The molecule has 1 unspecified atom stereocenters. The molecule has 1 heterocycles. The van der Waals surface area contributed by atoms with E-state index >= 15 is 0 Å². The number of fused-ring (bicyclic) bond motifs is 1. The van der Waals surface area contributed by atoms with Gasteiger partial charge in [-0.15, -0.1) is 0 Å². The van der Waals surface area contributed by atoms with Crippen LogP contribution < -0.4 is 10.5 Å². The number of benzene rings is 1. The molecule has 3 nitrogen and oxygen atoms in total. The summed E-state index contributed by atoms with van der Waals surface area (Å²) < 4.78 is 7.25. The highest BCUT2D eigenvalue weighted by Crippen LogP contribution is 2.32. The summed E-state index contributed by atoms with van der Waals surface area (Å²) in [7, 11) is 3.60. The number of halogens is 1. The Bertz CT molecular complexity index is 531. The molecule has 0 saturated carbocycles. The number of hydrogen-bond donors (Lipinski definition) is 1. The molecule has 0 fully saturated rings. The molecule has 2 aromatic rings. The summed E-state index contributed by atoms with van der Waals surface area (Å²) in [4.78, 5) is 0. The smallest absolute Gasteiger partial charge is 0.138 e. The summed E-state index contributed by atoms with van der Waals surface area (Å²) in [6, 6.07) is 5.91. The predicted molar refractivity (Wildman–Crippen MR) is 67.1 cm³/mol. The molecule has 1 aromatic carbocycles. The highest BCUT2D eigenvalue weighted by atomic mass is 35.5. The predicted octanol–water partition coefficient (Wildman–Crippen LogP) is 2.86. The van der Waals surface area contributed by atoms with Crippen LogP contribution >= 0.6 is 11.6 Å².